The number of amides is 1. The molecule has 0 atom stereocenters. The third-order valence-corrected chi connectivity index (χ3v) is 4.69. The summed E-state index contributed by atoms with van der Waals surface area (Å²) in [4.78, 5) is 36.0. The van der Waals surface area contributed by atoms with Gasteiger partial charge in [-0.15, -0.1) is 0 Å². The van der Waals surface area contributed by atoms with Gasteiger partial charge >= 0.3 is 0 Å². The Hall–Kier alpha value is -3.72. The van der Waals surface area contributed by atoms with E-state index in [1.807, 2.05) is 13.8 Å². The van der Waals surface area contributed by atoms with Crippen molar-refractivity contribution < 1.29 is 14.5 Å². The maximum Gasteiger partial charge on any atom is 0.294 e. The molecule has 0 bridgehead atoms. The van der Waals surface area contributed by atoms with Crippen LogP contribution in [0.4, 0.5) is 11.4 Å². The lowest BCUT2D eigenvalue weighted by molar-refractivity contribution is -0.384. The van der Waals surface area contributed by atoms with E-state index in [-0.39, 0.29) is 11.4 Å². The molecule has 1 N–H and O–H groups in total. The summed E-state index contributed by atoms with van der Waals surface area (Å²) in [7, 11) is 0. The molecule has 0 aliphatic rings. The van der Waals surface area contributed by atoms with Gasteiger partial charge in [-0.25, -0.2) is 4.68 Å². The summed E-state index contributed by atoms with van der Waals surface area (Å²) in [5.74, 6) is 0.0282. The van der Waals surface area contributed by atoms with Crippen molar-refractivity contribution in [3.8, 4) is 11.4 Å². The van der Waals surface area contributed by atoms with E-state index in [2.05, 4.69) is 10.4 Å². The smallest absolute Gasteiger partial charge is 0.294 e. The molecule has 0 saturated carbocycles. The molecule has 3 rings (SSSR count). The number of halogens is 1. The molecule has 0 aliphatic carbocycles. The zero-order chi connectivity index (χ0) is 23.4. The van der Waals surface area contributed by atoms with Crippen molar-refractivity contribution in [2.45, 2.75) is 20.8 Å². The normalized spacial score (nSPS) is 10.8. The summed E-state index contributed by atoms with van der Waals surface area (Å²) in [6.45, 7) is 6.08. The molecule has 0 unspecified atom stereocenters. The second-order valence-electron chi connectivity index (χ2n) is 7.46. The minimum absolute atomic E-state index is 0.138. The van der Waals surface area contributed by atoms with Crippen LogP contribution >= 0.6 is 11.6 Å². The predicted molar refractivity (Wildman–Crippen MR) is 121 cm³/mol. The number of hydrogen-bond donors (Lipinski definition) is 1. The number of anilines is 1. The summed E-state index contributed by atoms with van der Waals surface area (Å²) >= 11 is 6.23. The first-order valence-corrected chi connectivity index (χ1v) is 10.1. The lowest BCUT2D eigenvalue weighted by atomic mass is 10.2. The Bertz CT molecular complexity index is 1240. The Morgan fingerprint density at radius 3 is 2.62 bits per heavy atom. The van der Waals surface area contributed by atoms with Crippen LogP contribution in [0.2, 0.25) is 5.02 Å². The van der Waals surface area contributed by atoms with Gasteiger partial charge in [-0.1, -0.05) is 37.6 Å². The standard InChI is InChI=1S/C22H21ClN4O5/c1-13(2)12-32-20-9-8-15(11-16(20)23)24-22(29)21-19(28)10-14(3)26(25-21)17-6-4-5-7-18(17)27(30)31/h4-11,13H,12H2,1-3H3,(H,24,29). The van der Waals surface area contributed by atoms with Gasteiger partial charge in [0.25, 0.3) is 11.6 Å². The van der Waals surface area contributed by atoms with Crippen molar-refractivity contribution in [3.63, 3.8) is 0 Å². The topological polar surface area (TPSA) is 116 Å². The molecule has 0 fully saturated rings. The monoisotopic (exact) mass is 456 g/mol. The molecule has 9 nitrogen and oxygen atoms in total. The largest absolute Gasteiger partial charge is 0.492 e. The van der Waals surface area contributed by atoms with Gasteiger partial charge in [-0.3, -0.25) is 19.7 Å². The maximum absolute atomic E-state index is 12.8. The van der Waals surface area contributed by atoms with Crippen molar-refractivity contribution in [1.82, 2.24) is 9.78 Å². The molecule has 0 spiro atoms. The van der Waals surface area contributed by atoms with E-state index in [9.17, 15) is 19.7 Å². The SMILES string of the molecule is Cc1cc(=O)c(C(=O)Nc2ccc(OCC(C)C)c(Cl)c2)nn1-c1ccccc1[N+](=O)[O-]. The molecule has 0 aliphatic heterocycles. The van der Waals surface area contributed by atoms with Crippen LogP contribution in [-0.4, -0.2) is 27.2 Å². The van der Waals surface area contributed by atoms with Crippen LogP contribution in [0.1, 0.15) is 30.0 Å². The van der Waals surface area contributed by atoms with Crippen molar-refractivity contribution in [2.24, 2.45) is 5.92 Å². The number of nitrogens with zero attached hydrogens (tertiary/aromatic N) is 3. The first-order chi connectivity index (χ1) is 15.2. The zero-order valence-corrected chi connectivity index (χ0v) is 18.4. The average Bonchev–Trinajstić information content (AvgIpc) is 2.73. The van der Waals surface area contributed by atoms with Gasteiger partial charge in [0.05, 0.1) is 16.6 Å². The Kier molecular flexibility index (Phi) is 6.89. The summed E-state index contributed by atoms with van der Waals surface area (Å²) < 4.78 is 6.80. The Morgan fingerprint density at radius 1 is 1.25 bits per heavy atom. The minimum atomic E-state index is -0.769. The van der Waals surface area contributed by atoms with Crippen LogP contribution < -0.4 is 15.5 Å². The van der Waals surface area contributed by atoms with E-state index in [4.69, 9.17) is 16.3 Å². The second-order valence-corrected chi connectivity index (χ2v) is 7.87. The van der Waals surface area contributed by atoms with Gasteiger partial charge in [0, 0.05) is 23.5 Å². The van der Waals surface area contributed by atoms with Gasteiger partial charge in [-0.2, -0.15) is 5.10 Å². The van der Waals surface area contributed by atoms with E-state index in [0.717, 1.165) is 0 Å². The highest BCUT2D eigenvalue weighted by Gasteiger charge is 2.20. The van der Waals surface area contributed by atoms with Gasteiger partial charge in [0.1, 0.15) is 11.4 Å². The lowest BCUT2D eigenvalue weighted by Gasteiger charge is -2.13. The van der Waals surface area contributed by atoms with Crippen molar-refractivity contribution in [2.75, 3.05) is 11.9 Å². The Labute approximate surface area is 188 Å². The number of rotatable bonds is 7. The van der Waals surface area contributed by atoms with Gasteiger partial charge in [0.2, 0.25) is 5.43 Å². The second kappa shape index (κ2) is 9.61. The summed E-state index contributed by atoms with van der Waals surface area (Å²) in [5, 5.41) is 18.4. The number of nitro groups is 1. The molecule has 10 heteroatoms. The number of hydrogen-bond acceptors (Lipinski definition) is 6. The molecular formula is C22H21ClN4O5. The third kappa shape index (κ3) is 5.12. The Morgan fingerprint density at radius 2 is 1.97 bits per heavy atom. The van der Waals surface area contributed by atoms with E-state index in [0.29, 0.717) is 34.7 Å². The number of benzene rings is 2. The van der Waals surface area contributed by atoms with Crippen LogP contribution in [0.5, 0.6) is 5.75 Å². The number of aryl methyl sites for hydroxylation is 1. The first kappa shape index (κ1) is 23.0. The summed E-state index contributed by atoms with van der Waals surface area (Å²) in [6.07, 6.45) is 0. The molecule has 2 aromatic carbocycles. The van der Waals surface area contributed by atoms with E-state index in [1.165, 1.54) is 35.0 Å². The molecule has 32 heavy (non-hydrogen) atoms. The molecule has 1 amide bonds. The lowest BCUT2D eigenvalue weighted by Crippen LogP contribution is -2.27. The van der Waals surface area contributed by atoms with E-state index >= 15 is 0 Å². The third-order valence-electron chi connectivity index (χ3n) is 4.39. The van der Waals surface area contributed by atoms with Crippen LogP contribution in [0, 0.1) is 23.0 Å². The number of nitro benzene ring substituents is 1. The molecule has 3 aromatic rings. The molecule has 0 saturated heterocycles. The predicted octanol–water partition coefficient (Wildman–Crippen LogP) is 4.39. The average molecular weight is 457 g/mol. The number of aromatic nitrogens is 2. The number of carbonyl (C=O) groups is 1. The molecule has 1 aromatic heterocycles. The highest BCUT2D eigenvalue weighted by molar-refractivity contribution is 6.32. The summed E-state index contributed by atoms with van der Waals surface area (Å²) in [5.41, 5.74) is -0.407. The number of ether oxygens (including phenoxy) is 1. The van der Waals surface area contributed by atoms with Gasteiger partial charge in [-0.05, 0) is 37.1 Å². The number of carbonyl (C=O) groups excluding carboxylic acids is 1. The van der Waals surface area contributed by atoms with Gasteiger partial charge < -0.3 is 10.1 Å². The Balaban J connectivity index is 1.92. The minimum Gasteiger partial charge on any atom is -0.492 e. The first-order valence-electron chi connectivity index (χ1n) is 9.76. The zero-order valence-electron chi connectivity index (χ0n) is 17.7. The van der Waals surface area contributed by atoms with Gasteiger partial charge in [0.15, 0.2) is 5.69 Å². The van der Waals surface area contributed by atoms with E-state index in [1.54, 1.807) is 25.1 Å². The summed E-state index contributed by atoms with van der Waals surface area (Å²) in [6, 6.07) is 11.8. The molecular weight excluding hydrogens is 436 g/mol. The van der Waals surface area contributed by atoms with Crippen LogP contribution in [0.15, 0.2) is 53.3 Å². The molecule has 0 radical (unpaired) electrons. The molecule has 166 valence electrons. The number of nitrogens with one attached hydrogen (secondary N) is 1. The van der Waals surface area contributed by atoms with E-state index < -0.39 is 22.0 Å². The maximum atomic E-state index is 12.8. The highest BCUT2D eigenvalue weighted by Crippen LogP contribution is 2.28. The fraction of sp³-hybridized carbons (Fsp3) is 0.227. The fourth-order valence-electron chi connectivity index (χ4n) is 2.89. The van der Waals surface area contributed by atoms with Crippen molar-refractivity contribution in [1.29, 1.82) is 0 Å². The number of para-hydroxylation sites is 2. The van der Waals surface area contributed by atoms with Crippen molar-refractivity contribution >= 4 is 28.9 Å². The van der Waals surface area contributed by atoms with Crippen LogP contribution in [0.3, 0.4) is 0 Å². The van der Waals surface area contributed by atoms with Crippen molar-refractivity contribution in [3.05, 3.63) is 85.3 Å². The van der Waals surface area contributed by atoms with Crippen LogP contribution in [-0.2, 0) is 0 Å². The highest BCUT2D eigenvalue weighted by atomic mass is 35.5. The van der Waals surface area contributed by atoms with Crippen LogP contribution in [0.25, 0.3) is 5.69 Å². The quantitative estimate of drug-likeness (QED) is 0.416. The molecule has 1 heterocycles. The fourth-order valence-corrected chi connectivity index (χ4v) is 3.12.